The third-order valence-electron chi connectivity index (χ3n) is 8.57. The Balaban J connectivity index is 1.55. The lowest BCUT2D eigenvalue weighted by molar-refractivity contribution is 0.261. The van der Waals surface area contributed by atoms with E-state index in [0.717, 1.165) is 30.1 Å². The molecule has 4 aromatic rings. The Bertz CT molecular complexity index is 2050. The normalized spacial score (nSPS) is 14.7. The highest BCUT2D eigenvalue weighted by Crippen LogP contribution is 2.34. The van der Waals surface area contributed by atoms with E-state index in [1.165, 1.54) is 32.1 Å². The van der Waals surface area contributed by atoms with Crippen LogP contribution in [0.2, 0.25) is 0 Å². The van der Waals surface area contributed by atoms with Crippen molar-refractivity contribution in [3.05, 3.63) is 94.9 Å². The topological polar surface area (TPSA) is 190 Å². The van der Waals surface area contributed by atoms with Crippen LogP contribution in [0.3, 0.4) is 0 Å². The number of rotatable bonds is 19. The number of pyridine rings is 3. The van der Waals surface area contributed by atoms with E-state index < -0.39 is 22.1 Å². The molecule has 17 heteroatoms. The van der Waals surface area contributed by atoms with Crippen LogP contribution in [0.4, 0.5) is 5.69 Å². The van der Waals surface area contributed by atoms with E-state index in [-0.39, 0.29) is 16.3 Å². The molecule has 0 amide bonds. The standard InChI is InChI=1S/C38H52N7O7P3/c1-7-45(8-2)34-24-29(17-18-35(34)52-3)15-16-30-23-33(43-38(25-30)55(6,50)51)28-44(21-19-39-26-31-11-9-13-36(41-31)53(4,46)47)22-20-40-27-32-12-10-14-37(42-32)54(5,48)49/h9-14,17-18,23-25,39-40H,7-8,19-22,26-28H2,1-6H3,(H,46,47)(H,48,49)(H,50,51). The summed E-state index contributed by atoms with van der Waals surface area (Å²) >= 11 is 0. The molecular weight excluding hydrogens is 759 g/mol. The molecule has 3 atom stereocenters. The second-order valence-electron chi connectivity index (χ2n) is 13.3. The molecule has 3 aromatic heterocycles. The zero-order chi connectivity index (χ0) is 40.2. The smallest absolute Gasteiger partial charge is 0.244 e. The molecule has 0 fully saturated rings. The fraction of sp³-hybridized carbons (Fsp3) is 0.395. The molecule has 0 saturated carbocycles. The number of hydrogen-bond donors (Lipinski definition) is 5. The lowest BCUT2D eigenvalue weighted by Gasteiger charge is -2.23. The summed E-state index contributed by atoms with van der Waals surface area (Å²) in [5.41, 5.74) is 4.47. The Morgan fingerprint density at radius 1 is 0.673 bits per heavy atom. The van der Waals surface area contributed by atoms with Crippen molar-refractivity contribution in [1.82, 2.24) is 30.5 Å². The van der Waals surface area contributed by atoms with E-state index in [4.69, 9.17) is 4.74 Å². The molecule has 4 rings (SSSR count). The van der Waals surface area contributed by atoms with Gasteiger partial charge in [-0.25, -0.2) is 15.0 Å². The molecular formula is C38H52N7O7P3. The van der Waals surface area contributed by atoms with Crippen LogP contribution >= 0.6 is 22.1 Å². The van der Waals surface area contributed by atoms with E-state index in [1.807, 2.05) is 24.3 Å². The molecule has 5 N–H and O–H groups in total. The van der Waals surface area contributed by atoms with Crippen LogP contribution < -0.4 is 36.6 Å². The Kier molecular flexibility index (Phi) is 15.9. The van der Waals surface area contributed by atoms with Crippen molar-refractivity contribution in [1.29, 1.82) is 0 Å². The van der Waals surface area contributed by atoms with Crippen LogP contribution in [0, 0.1) is 11.8 Å². The number of benzene rings is 1. The molecule has 0 spiro atoms. The molecule has 3 unspecified atom stereocenters. The average molecular weight is 812 g/mol. The highest BCUT2D eigenvalue weighted by atomic mass is 31.2. The maximum atomic E-state index is 12.9. The summed E-state index contributed by atoms with van der Waals surface area (Å²) in [4.78, 5) is 48.1. The van der Waals surface area contributed by atoms with Crippen molar-refractivity contribution in [3.8, 4) is 17.6 Å². The van der Waals surface area contributed by atoms with E-state index in [1.54, 1.807) is 37.4 Å². The number of nitrogens with zero attached hydrogens (tertiary/aromatic N) is 5. The third-order valence-corrected chi connectivity index (χ3v) is 11.8. The minimum absolute atomic E-state index is 0.0650. The fourth-order valence-electron chi connectivity index (χ4n) is 5.66. The van der Waals surface area contributed by atoms with Crippen LogP contribution in [-0.2, 0) is 33.3 Å². The maximum absolute atomic E-state index is 12.9. The summed E-state index contributed by atoms with van der Waals surface area (Å²) < 4.78 is 42.7. The molecule has 0 bridgehead atoms. The van der Waals surface area contributed by atoms with Gasteiger partial charge in [0, 0.05) is 90.0 Å². The molecule has 3 heterocycles. The van der Waals surface area contributed by atoms with Gasteiger partial charge in [-0.1, -0.05) is 24.0 Å². The quantitative estimate of drug-likeness (QED) is 0.0528. The Hall–Kier alpha value is -3.72. The first-order valence-corrected chi connectivity index (χ1v) is 24.3. The van der Waals surface area contributed by atoms with E-state index in [9.17, 15) is 28.4 Å². The second kappa shape index (κ2) is 19.9. The lowest BCUT2D eigenvalue weighted by atomic mass is 10.1. The van der Waals surface area contributed by atoms with Crippen molar-refractivity contribution in [3.63, 3.8) is 0 Å². The van der Waals surface area contributed by atoms with Crippen molar-refractivity contribution >= 4 is 44.1 Å². The number of nitrogens with one attached hydrogen (secondary N) is 2. The average Bonchev–Trinajstić information content (AvgIpc) is 3.14. The predicted octanol–water partition coefficient (Wildman–Crippen LogP) is 3.08. The highest BCUT2D eigenvalue weighted by Gasteiger charge is 2.20. The van der Waals surface area contributed by atoms with E-state index in [0.29, 0.717) is 68.5 Å². The van der Waals surface area contributed by atoms with Gasteiger partial charge < -0.3 is 35.0 Å². The SMILES string of the molecule is CCN(CC)c1cc(C#Cc2cc(CN(CCNCc3cccc(P(C)(=O)O)n3)CCNCc3cccc(P(C)(=O)O)n3)nc(P(C)(=O)O)c2)ccc1OC. The summed E-state index contributed by atoms with van der Waals surface area (Å²) in [6.07, 6.45) is 0. The van der Waals surface area contributed by atoms with Gasteiger partial charge in [0.2, 0.25) is 22.1 Å². The number of ether oxygens (including phenoxy) is 1. The molecule has 0 aliphatic heterocycles. The summed E-state index contributed by atoms with van der Waals surface area (Å²) in [5, 5.41) is 6.70. The number of hydrogen-bond acceptors (Lipinski definition) is 11. The zero-order valence-corrected chi connectivity index (χ0v) is 35.0. The monoisotopic (exact) mass is 811 g/mol. The molecule has 55 heavy (non-hydrogen) atoms. The molecule has 0 aliphatic rings. The first-order valence-electron chi connectivity index (χ1n) is 17.9. The van der Waals surface area contributed by atoms with Gasteiger partial charge in [0.1, 0.15) is 22.1 Å². The molecule has 0 radical (unpaired) electrons. The maximum Gasteiger partial charge on any atom is 0.244 e. The minimum atomic E-state index is -3.74. The second-order valence-corrected chi connectivity index (χ2v) is 19.9. The van der Waals surface area contributed by atoms with Crippen LogP contribution in [0.25, 0.3) is 0 Å². The van der Waals surface area contributed by atoms with Gasteiger partial charge in [0.15, 0.2) is 0 Å². The predicted molar refractivity (Wildman–Crippen MR) is 220 cm³/mol. The van der Waals surface area contributed by atoms with E-state index >= 15 is 0 Å². The van der Waals surface area contributed by atoms with Gasteiger partial charge in [-0.2, -0.15) is 0 Å². The minimum Gasteiger partial charge on any atom is -0.495 e. The molecule has 0 saturated heterocycles. The van der Waals surface area contributed by atoms with Crippen molar-refractivity contribution in [2.45, 2.75) is 33.5 Å². The van der Waals surface area contributed by atoms with Crippen molar-refractivity contribution in [2.75, 3.05) is 71.3 Å². The number of methoxy groups -OCH3 is 1. The lowest BCUT2D eigenvalue weighted by Crippen LogP contribution is -2.37. The van der Waals surface area contributed by atoms with Gasteiger partial charge in [0.05, 0.1) is 29.9 Å². The highest BCUT2D eigenvalue weighted by molar-refractivity contribution is 7.65. The summed E-state index contributed by atoms with van der Waals surface area (Å²) in [6, 6.07) is 19.2. The summed E-state index contributed by atoms with van der Waals surface area (Å²) in [7, 11) is -9.08. The van der Waals surface area contributed by atoms with Gasteiger partial charge in [0.25, 0.3) is 0 Å². The zero-order valence-electron chi connectivity index (χ0n) is 32.3. The van der Waals surface area contributed by atoms with Crippen LogP contribution in [0.15, 0.2) is 66.7 Å². The van der Waals surface area contributed by atoms with E-state index in [2.05, 4.69) is 61.1 Å². The number of aromatic nitrogens is 3. The molecule has 14 nitrogen and oxygen atoms in total. The number of anilines is 1. The first-order chi connectivity index (χ1) is 26.0. The van der Waals surface area contributed by atoms with Gasteiger partial charge in [-0.15, -0.1) is 0 Å². The van der Waals surface area contributed by atoms with Crippen molar-refractivity contribution < 1.29 is 33.1 Å². The van der Waals surface area contributed by atoms with Crippen LogP contribution in [0.5, 0.6) is 5.75 Å². The summed E-state index contributed by atoms with van der Waals surface area (Å²) in [6.45, 7) is 12.8. The molecule has 0 aliphatic carbocycles. The fourth-order valence-corrected chi connectivity index (χ4v) is 7.71. The molecule has 296 valence electrons. The van der Waals surface area contributed by atoms with Crippen LogP contribution in [0.1, 0.15) is 42.1 Å². The van der Waals surface area contributed by atoms with Gasteiger partial charge in [-0.3, -0.25) is 18.6 Å². The van der Waals surface area contributed by atoms with Gasteiger partial charge >= 0.3 is 0 Å². The Labute approximate surface area is 324 Å². The molecule has 1 aromatic carbocycles. The third kappa shape index (κ3) is 13.8. The Morgan fingerprint density at radius 3 is 1.67 bits per heavy atom. The Morgan fingerprint density at radius 2 is 1.18 bits per heavy atom. The van der Waals surface area contributed by atoms with Crippen LogP contribution in [-0.4, -0.2) is 101 Å². The largest absolute Gasteiger partial charge is 0.495 e. The van der Waals surface area contributed by atoms with Gasteiger partial charge in [-0.05, 0) is 68.4 Å². The summed E-state index contributed by atoms with van der Waals surface area (Å²) in [5.74, 6) is 7.15. The first kappa shape index (κ1) is 44.0. The van der Waals surface area contributed by atoms with Crippen molar-refractivity contribution in [2.24, 2.45) is 0 Å².